The molecule has 0 spiro atoms. The molecule has 1 heterocycles. The first-order valence-corrected chi connectivity index (χ1v) is 6.98. The number of aromatic nitrogens is 1. The molecule has 9 heteroatoms. The zero-order chi connectivity index (χ0) is 16.3. The van der Waals surface area contributed by atoms with E-state index in [9.17, 15) is 20.0 Å². The lowest BCUT2D eigenvalue weighted by Crippen LogP contribution is -2.01. The highest BCUT2D eigenvalue weighted by Crippen LogP contribution is 2.42. The van der Waals surface area contributed by atoms with Crippen LogP contribution in [0.25, 0.3) is 10.6 Å². The summed E-state index contributed by atoms with van der Waals surface area (Å²) < 4.78 is 9.93. The highest BCUT2D eigenvalue weighted by atomic mass is 32.1. The molecule has 0 saturated carbocycles. The topological polar surface area (TPSA) is 112 Å². The minimum atomic E-state index is -0.650. The predicted octanol–water partition coefficient (Wildman–Crippen LogP) is 2.61. The molecule has 0 fully saturated rings. The molecule has 2 rings (SSSR count). The van der Waals surface area contributed by atoms with E-state index in [0.717, 1.165) is 17.4 Å². The van der Waals surface area contributed by atoms with Gasteiger partial charge in [-0.1, -0.05) is 0 Å². The molecule has 0 radical (unpaired) electrons. The number of aromatic hydroxyl groups is 1. The maximum absolute atomic E-state index is 11.7. The first-order valence-electron chi connectivity index (χ1n) is 6.16. The number of esters is 1. The lowest BCUT2D eigenvalue weighted by molar-refractivity contribution is -0.384. The minimum absolute atomic E-state index is 0.0939. The van der Waals surface area contributed by atoms with Gasteiger partial charge in [0, 0.05) is 6.07 Å². The monoisotopic (exact) mass is 324 g/mol. The van der Waals surface area contributed by atoms with Crippen molar-refractivity contribution in [3.05, 3.63) is 33.3 Å². The van der Waals surface area contributed by atoms with E-state index in [-0.39, 0.29) is 39.2 Å². The summed E-state index contributed by atoms with van der Waals surface area (Å²) in [5, 5.41) is 20.9. The van der Waals surface area contributed by atoms with Crippen LogP contribution in [0.4, 0.5) is 5.69 Å². The number of carbonyl (C=O) groups is 1. The third-order valence-corrected chi connectivity index (χ3v) is 3.67. The number of nitro benzene ring substituents is 1. The molecular weight excluding hydrogens is 312 g/mol. The Labute approximate surface area is 129 Å². The Morgan fingerprint density at radius 3 is 2.82 bits per heavy atom. The molecule has 8 nitrogen and oxygen atoms in total. The van der Waals surface area contributed by atoms with Crippen molar-refractivity contribution in [1.82, 2.24) is 4.98 Å². The van der Waals surface area contributed by atoms with Gasteiger partial charge in [0.25, 0.3) is 5.69 Å². The zero-order valence-corrected chi connectivity index (χ0v) is 12.5. The Kier molecular flexibility index (Phi) is 4.56. The molecule has 22 heavy (non-hydrogen) atoms. The summed E-state index contributed by atoms with van der Waals surface area (Å²) in [7, 11) is 1.32. The molecule has 0 amide bonds. The maximum Gasteiger partial charge on any atom is 0.349 e. The summed E-state index contributed by atoms with van der Waals surface area (Å²) in [6.45, 7) is 1.89. The first kappa shape index (κ1) is 15.7. The van der Waals surface area contributed by atoms with Crippen LogP contribution >= 0.6 is 11.3 Å². The summed E-state index contributed by atoms with van der Waals surface area (Å²) in [6, 6.07) is 2.25. The number of benzene rings is 1. The molecule has 0 unspecified atom stereocenters. The number of phenols is 1. The van der Waals surface area contributed by atoms with Gasteiger partial charge in [-0.05, 0) is 6.92 Å². The first-order chi connectivity index (χ1) is 10.5. The van der Waals surface area contributed by atoms with E-state index in [2.05, 4.69) is 4.98 Å². The second-order valence-electron chi connectivity index (χ2n) is 4.05. The van der Waals surface area contributed by atoms with Crippen molar-refractivity contribution in [2.24, 2.45) is 0 Å². The predicted molar refractivity (Wildman–Crippen MR) is 78.4 cm³/mol. The van der Waals surface area contributed by atoms with Crippen LogP contribution in [-0.2, 0) is 4.74 Å². The summed E-state index contributed by atoms with van der Waals surface area (Å²) in [6.07, 6.45) is 1.29. The number of phenolic OH excluding ortho intramolecular Hbond substituents is 1. The van der Waals surface area contributed by atoms with Crippen LogP contribution in [0.2, 0.25) is 0 Å². The Hall–Kier alpha value is -2.68. The molecule has 0 bridgehead atoms. The van der Waals surface area contributed by atoms with E-state index in [1.165, 1.54) is 19.4 Å². The molecular formula is C13H12N2O6S. The van der Waals surface area contributed by atoms with Crippen molar-refractivity contribution >= 4 is 23.0 Å². The van der Waals surface area contributed by atoms with E-state index >= 15 is 0 Å². The lowest BCUT2D eigenvalue weighted by atomic mass is 10.1. The van der Waals surface area contributed by atoms with E-state index in [0.29, 0.717) is 0 Å². The van der Waals surface area contributed by atoms with E-state index < -0.39 is 10.9 Å². The van der Waals surface area contributed by atoms with Crippen molar-refractivity contribution in [3.8, 4) is 22.1 Å². The Bertz CT molecular complexity index is 727. The molecule has 116 valence electrons. The van der Waals surface area contributed by atoms with Crippen LogP contribution in [0.3, 0.4) is 0 Å². The van der Waals surface area contributed by atoms with Crippen molar-refractivity contribution < 1.29 is 24.3 Å². The molecule has 0 aliphatic heterocycles. The van der Waals surface area contributed by atoms with Gasteiger partial charge in [0.1, 0.15) is 26.9 Å². The molecule has 0 saturated heterocycles. The van der Waals surface area contributed by atoms with E-state index in [4.69, 9.17) is 9.47 Å². The zero-order valence-electron chi connectivity index (χ0n) is 11.7. The number of carbonyl (C=O) groups excluding carboxylic acids is 1. The number of hydrogen-bond acceptors (Lipinski definition) is 8. The molecule has 1 aromatic heterocycles. The average Bonchev–Trinajstić information content (AvgIpc) is 2.95. The Morgan fingerprint density at radius 2 is 2.23 bits per heavy atom. The molecule has 1 aromatic carbocycles. The number of thiazole rings is 1. The van der Waals surface area contributed by atoms with E-state index in [1.54, 1.807) is 6.92 Å². The Balaban J connectivity index is 2.56. The summed E-state index contributed by atoms with van der Waals surface area (Å²) in [5.74, 6) is -0.752. The molecule has 0 aliphatic carbocycles. The largest absolute Gasteiger partial charge is 0.508 e. The average molecular weight is 324 g/mol. The van der Waals surface area contributed by atoms with Crippen LogP contribution in [-0.4, -0.2) is 34.7 Å². The third kappa shape index (κ3) is 2.98. The maximum atomic E-state index is 11.7. The van der Waals surface area contributed by atoms with Crippen LogP contribution in [0.1, 0.15) is 16.6 Å². The van der Waals surface area contributed by atoms with Crippen LogP contribution in [0, 0.1) is 10.1 Å². The van der Waals surface area contributed by atoms with Crippen LogP contribution in [0.15, 0.2) is 18.3 Å². The highest BCUT2D eigenvalue weighted by Gasteiger charge is 2.25. The molecule has 0 aliphatic rings. The molecule has 1 N–H and O–H groups in total. The second-order valence-corrected chi connectivity index (χ2v) is 5.08. The van der Waals surface area contributed by atoms with Crippen molar-refractivity contribution in [2.45, 2.75) is 6.92 Å². The van der Waals surface area contributed by atoms with Gasteiger partial charge in [-0.25, -0.2) is 9.78 Å². The fraction of sp³-hybridized carbons (Fsp3) is 0.231. The van der Waals surface area contributed by atoms with Gasteiger partial charge in [0.15, 0.2) is 0 Å². The summed E-state index contributed by atoms with van der Waals surface area (Å²) in [5.41, 5.74) is -0.257. The normalized spacial score (nSPS) is 10.3. The quantitative estimate of drug-likeness (QED) is 0.511. The van der Waals surface area contributed by atoms with Gasteiger partial charge >= 0.3 is 5.97 Å². The smallest absolute Gasteiger partial charge is 0.349 e. The number of hydrogen-bond donors (Lipinski definition) is 1. The van der Waals surface area contributed by atoms with Crippen LogP contribution < -0.4 is 4.74 Å². The summed E-state index contributed by atoms with van der Waals surface area (Å²) in [4.78, 5) is 26.4. The van der Waals surface area contributed by atoms with E-state index in [1.807, 2.05) is 0 Å². The van der Waals surface area contributed by atoms with Gasteiger partial charge in [-0.15, -0.1) is 11.3 Å². The van der Waals surface area contributed by atoms with Crippen LogP contribution in [0.5, 0.6) is 11.5 Å². The van der Waals surface area contributed by atoms with Gasteiger partial charge in [0.2, 0.25) is 0 Å². The summed E-state index contributed by atoms with van der Waals surface area (Å²) >= 11 is 0.949. The fourth-order valence-corrected chi connectivity index (χ4v) is 2.66. The SMILES string of the molecule is CCOC(=O)c1cnc(-c2c(OC)cc(O)cc2[N+](=O)[O-])s1. The molecule has 2 aromatic rings. The highest BCUT2D eigenvalue weighted by molar-refractivity contribution is 7.16. The third-order valence-electron chi connectivity index (χ3n) is 2.68. The number of nitro groups is 1. The lowest BCUT2D eigenvalue weighted by Gasteiger charge is -2.07. The van der Waals surface area contributed by atoms with Crippen molar-refractivity contribution in [2.75, 3.05) is 13.7 Å². The number of ether oxygens (including phenoxy) is 2. The standard InChI is InChI=1S/C13H12N2O6S/c1-3-21-13(17)10-6-14-12(22-10)11-8(15(18)19)4-7(16)5-9(11)20-2/h4-6,16H,3H2,1-2H3. The number of rotatable bonds is 5. The fourth-order valence-electron chi connectivity index (χ4n) is 1.79. The number of methoxy groups -OCH3 is 1. The second kappa shape index (κ2) is 6.39. The van der Waals surface area contributed by atoms with Gasteiger partial charge in [-0.2, -0.15) is 0 Å². The Morgan fingerprint density at radius 1 is 1.50 bits per heavy atom. The van der Waals surface area contributed by atoms with Gasteiger partial charge < -0.3 is 14.6 Å². The van der Waals surface area contributed by atoms with Gasteiger partial charge in [-0.3, -0.25) is 10.1 Å². The molecule has 0 atom stereocenters. The number of nitrogens with zero attached hydrogens (tertiary/aromatic N) is 2. The van der Waals surface area contributed by atoms with Gasteiger partial charge in [0.05, 0.1) is 30.9 Å². The van der Waals surface area contributed by atoms with Crippen molar-refractivity contribution in [1.29, 1.82) is 0 Å². The van der Waals surface area contributed by atoms with Crippen molar-refractivity contribution in [3.63, 3.8) is 0 Å². The minimum Gasteiger partial charge on any atom is -0.508 e.